The van der Waals surface area contributed by atoms with Crippen molar-refractivity contribution in [1.82, 2.24) is 4.90 Å². The van der Waals surface area contributed by atoms with Gasteiger partial charge in [0.2, 0.25) is 0 Å². The van der Waals surface area contributed by atoms with E-state index in [2.05, 4.69) is 36.4 Å². The maximum Gasteiger partial charge on any atom is 0.410 e. The first-order chi connectivity index (χ1) is 13.3. The van der Waals surface area contributed by atoms with Crippen LogP contribution >= 0.6 is 11.3 Å². The Balaban J connectivity index is 1.67. The number of cyclic esters (lactones) is 1. The van der Waals surface area contributed by atoms with Gasteiger partial charge in [0.15, 0.2) is 0 Å². The smallest absolute Gasteiger partial charge is 0.410 e. The lowest BCUT2D eigenvalue weighted by Gasteiger charge is -2.41. The van der Waals surface area contributed by atoms with Crippen molar-refractivity contribution in [3.05, 3.63) is 46.8 Å². The molecule has 1 fully saturated rings. The molecule has 28 heavy (non-hydrogen) atoms. The van der Waals surface area contributed by atoms with E-state index in [9.17, 15) is 4.79 Å². The predicted molar refractivity (Wildman–Crippen MR) is 113 cm³/mol. The minimum Gasteiger partial charge on any atom is -0.443 e. The number of nitrogens with zero attached hydrogens (tertiary/aromatic N) is 1. The van der Waals surface area contributed by atoms with Crippen molar-refractivity contribution < 1.29 is 14.6 Å². The molecule has 5 nitrogen and oxygen atoms in total. The van der Waals surface area contributed by atoms with Crippen molar-refractivity contribution in [3.8, 4) is 10.4 Å². The lowest BCUT2D eigenvalue weighted by Crippen LogP contribution is -2.48. The average Bonchev–Trinajstić information content (AvgIpc) is 3.17. The number of carbonyl (C=O) groups is 1. The average molecular weight is 403 g/mol. The summed E-state index contributed by atoms with van der Waals surface area (Å²) in [7, 11) is 0. The zero-order chi connectivity index (χ0) is 20.3. The van der Waals surface area contributed by atoms with Crippen molar-refractivity contribution in [1.29, 1.82) is 0 Å². The lowest BCUT2D eigenvalue weighted by atomic mass is 9.93. The number of nitrogens with two attached hydrogens (primary N) is 1. The van der Waals surface area contributed by atoms with Crippen LogP contribution in [-0.2, 0) is 4.74 Å². The Hall–Kier alpha value is -1.89. The first-order valence-electron chi connectivity index (χ1n) is 9.89. The molecule has 1 aliphatic heterocycles. The number of ether oxygens (including phenoxy) is 1. The predicted octanol–water partition coefficient (Wildman–Crippen LogP) is 4.87. The molecule has 152 valence electrons. The van der Waals surface area contributed by atoms with Crippen molar-refractivity contribution >= 4 is 17.4 Å². The molecule has 0 radical (unpaired) electrons. The van der Waals surface area contributed by atoms with E-state index in [1.807, 2.05) is 20.8 Å². The van der Waals surface area contributed by atoms with Gasteiger partial charge in [0.05, 0.1) is 6.04 Å². The van der Waals surface area contributed by atoms with E-state index in [0.717, 1.165) is 17.5 Å². The summed E-state index contributed by atoms with van der Waals surface area (Å²) < 4.78 is 5.72. The SMILES string of the molecule is CC(N)c1ccc(-c2ccc([C@H](C)N3CC[C@@](C)(CCCO)OC3=O)cc2)s1. The number of aliphatic hydroxyl groups is 1. The fraction of sp³-hybridized carbons (Fsp3) is 0.500. The second-order valence-electron chi connectivity index (χ2n) is 7.88. The highest BCUT2D eigenvalue weighted by Crippen LogP contribution is 2.34. The second kappa shape index (κ2) is 8.64. The molecule has 1 aliphatic rings. The first-order valence-corrected chi connectivity index (χ1v) is 10.7. The van der Waals surface area contributed by atoms with Crippen molar-refractivity contribution in [3.63, 3.8) is 0 Å². The molecule has 1 unspecified atom stereocenters. The standard InChI is InChI=1S/C22H30N2O3S/c1-15(23)19-9-10-20(28-19)18-7-5-17(6-8-18)16(2)24-13-12-22(3,11-4-14-25)27-21(24)26/h5-10,15-16,25H,4,11-14,23H2,1-3H3/t15?,16-,22+/m0/s1. The molecule has 2 aromatic rings. The number of carbonyl (C=O) groups excluding carboxylic acids is 1. The van der Waals surface area contributed by atoms with Crippen LogP contribution in [0.2, 0.25) is 0 Å². The second-order valence-corrected chi connectivity index (χ2v) is 8.99. The van der Waals surface area contributed by atoms with Crippen LogP contribution in [0.15, 0.2) is 36.4 Å². The van der Waals surface area contributed by atoms with Gasteiger partial charge in [0.25, 0.3) is 0 Å². The van der Waals surface area contributed by atoms with E-state index >= 15 is 0 Å². The Kier molecular flexibility index (Phi) is 6.43. The summed E-state index contributed by atoms with van der Waals surface area (Å²) in [5.41, 5.74) is 7.73. The third-order valence-electron chi connectivity index (χ3n) is 5.53. The number of aliphatic hydroxyl groups excluding tert-OH is 1. The van der Waals surface area contributed by atoms with E-state index in [-0.39, 0.29) is 24.8 Å². The van der Waals surface area contributed by atoms with Gasteiger partial charge in [0, 0.05) is 35.4 Å². The van der Waals surface area contributed by atoms with E-state index < -0.39 is 5.60 Å². The highest BCUT2D eigenvalue weighted by Gasteiger charge is 2.38. The quantitative estimate of drug-likeness (QED) is 0.693. The van der Waals surface area contributed by atoms with Gasteiger partial charge in [-0.15, -0.1) is 11.3 Å². The fourth-order valence-corrected chi connectivity index (χ4v) is 4.57. The molecule has 0 saturated carbocycles. The number of rotatable bonds is 7. The van der Waals surface area contributed by atoms with Gasteiger partial charge in [-0.1, -0.05) is 24.3 Å². The molecular formula is C22H30N2O3S. The fourth-order valence-electron chi connectivity index (χ4n) is 3.61. The molecule has 1 saturated heterocycles. The number of thiophene rings is 1. The summed E-state index contributed by atoms with van der Waals surface area (Å²) in [5.74, 6) is 0. The van der Waals surface area contributed by atoms with E-state index in [1.165, 1.54) is 9.75 Å². The molecular weight excluding hydrogens is 372 g/mol. The Morgan fingerprint density at radius 2 is 1.96 bits per heavy atom. The van der Waals surface area contributed by atoms with Crippen LogP contribution in [0, 0.1) is 0 Å². The van der Waals surface area contributed by atoms with Gasteiger partial charge in [-0.2, -0.15) is 0 Å². The lowest BCUT2D eigenvalue weighted by molar-refractivity contribution is -0.0521. The molecule has 1 amide bonds. The van der Waals surface area contributed by atoms with E-state index in [0.29, 0.717) is 19.4 Å². The molecule has 1 aromatic heterocycles. The Morgan fingerprint density at radius 3 is 2.54 bits per heavy atom. The number of hydrogen-bond donors (Lipinski definition) is 2. The topological polar surface area (TPSA) is 75.8 Å². The van der Waals surface area contributed by atoms with Crippen LogP contribution in [0.4, 0.5) is 4.79 Å². The first kappa shape index (κ1) is 20.8. The molecule has 1 aromatic carbocycles. The molecule has 0 aliphatic carbocycles. The Morgan fingerprint density at radius 1 is 1.25 bits per heavy atom. The van der Waals surface area contributed by atoms with Crippen LogP contribution in [0.1, 0.15) is 62.6 Å². The van der Waals surface area contributed by atoms with Gasteiger partial charge < -0.3 is 20.5 Å². The van der Waals surface area contributed by atoms with Crippen LogP contribution in [-0.4, -0.2) is 34.9 Å². The summed E-state index contributed by atoms with van der Waals surface area (Å²) in [6.07, 6.45) is 1.84. The van der Waals surface area contributed by atoms with Crippen molar-refractivity contribution in [2.75, 3.05) is 13.2 Å². The summed E-state index contributed by atoms with van der Waals surface area (Å²) in [5, 5.41) is 9.04. The van der Waals surface area contributed by atoms with Gasteiger partial charge in [-0.05, 0) is 56.9 Å². The third kappa shape index (κ3) is 4.57. The Bertz CT molecular complexity index is 802. The molecule has 3 rings (SSSR count). The summed E-state index contributed by atoms with van der Waals surface area (Å²) in [4.78, 5) is 16.7. The van der Waals surface area contributed by atoms with E-state index in [1.54, 1.807) is 16.2 Å². The number of hydrogen-bond acceptors (Lipinski definition) is 5. The maximum absolute atomic E-state index is 12.6. The van der Waals surface area contributed by atoms with E-state index in [4.69, 9.17) is 15.6 Å². The van der Waals surface area contributed by atoms with Gasteiger partial charge in [0.1, 0.15) is 5.60 Å². The summed E-state index contributed by atoms with van der Waals surface area (Å²) in [6, 6.07) is 12.6. The highest BCUT2D eigenvalue weighted by molar-refractivity contribution is 7.15. The van der Waals surface area contributed by atoms with Crippen LogP contribution in [0.25, 0.3) is 10.4 Å². The normalized spacial score (nSPS) is 22.0. The molecule has 3 atom stereocenters. The van der Waals surface area contributed by atoms with Crippen molar-refractivity contribution in [2.45, 2.75) is 57.7 Å². The van der Waals surface area contributed by atoms with Gasteiger partial charge >= 0.3 is 6.09 Å². The van der Waals surface area contributed by atoms with Crippen LogP contribution in [0.5, 0.6) is 0 Å². The number of benzene rings is 1. The third-order valence-corrected chi connectivity index (χ3v) is 6.87. The molecule has 2 heterocycles. The number of amides is 1. The summed E-state index contributed by atoms with van der Waals surface area (Å²) >= 11 is 1.72. The van der Waals surface area contributed by atoms with Crippen LogP contribution in [0.3, 0.4) is 0 Å². The molecule has 6 heteroatoms. The minimum absolute atomic E-state index is 0.0474. The Labute approximate surface area is 171 Å². The molecule has 0 bridgehead atoms. The van der Waals surface area contributed by atoms with Gasteiger partial charge in [-0.3, -0.25) is 0 Å². The zero-order valence-corrected chi connectivity index (χ0v) is 17.7. The zero-order valence-electron chi connectivity index (χ0n) is 16.9. The van der Waals surface area contributed by atoms with Crippen LogP contribution < -0.4 is 5.73 Å². The van der Waals surface area contributed by atoms with Crippen molar-refractivity contribution in [2.24, 2.45) is 5.73 Å². The molecule has 0 spiro atoms. The monoisotopic (exact) mass is 402 g/mol. The van der Waals surface area contributed by atoms with Gasteiger partial charge in [-0.25, -0.2) is 4.79 Å². The minimum atomic E-state index is -0.475. The highest BCUT2D eigenvalue weighted by atomic mass is 32.1. The largest absolute Gasteiger partial charge is 0.443 e. The maximum atomic E-state index is 12.6. The molecule has 3 N–H and O–H groups in total. The summed E-state index contributed by atoms with van der Waals surface area (Å²) in [6.45, 7) is 6.76.